The lowest BCUT2D eigenvalue weighted by Crippen LogP contribution is -2.17. The summed E-state index contributed by atoms with van der Waals surface area (Å²) in [4.78, 5) is 11.0. The molecule has 0 saturated heterocycles. The number of hydrogen-bond acceptors (Lipinski definition) is 3. The van der Waals surface area contributed by atoms with Crippen molar-refractivity contribution in [3.05, 3.63) is 0 Å². The molecule has 0 saturated carbocycles. The van der Waals surface area contributed by atoms with Crippen LogP contribution in [-0.2, 0) is 9.53 Å². The third-order valence-electron chi connectivity index (χ3n) is 1.66. The maximum atomic E-state index is 11.0. The van der Waals surface area contributed by atoms with Gasteiger partial charge in [0.15, 0.2) is 0 Å². The summed E-state index contributed by atoms with van der Waals surface area (Å²) in [7, 11) is 1.37. The van der Waals surface area contributed by atoms with Crippen LogP contribution in [0.15, 0.2) is 0 Å². The molecule has 0 aliphatic heterocycles. The van der Waals surface area contributed by atoms with Crippen molar-refractivity contribution < 1.29 is 9.53 Å². The fraction of sp³-hybridized carbons (Fsp3) is 0.667. The highest BCUT2D eigenvalue weighted by atomic mass is 35.5. The van der Waals surface area contributed by atoms with Crippen molar-refractivity contribution in [3.63, 3.8) is 0 Å². The number of carbonyl (C=O) groups excluding carboxylic acids is 1. The molecule has 0 radical (unpaired) electrons. The molecule has 13 heavy (non-hydrogen) atoms. The molecule has 0 aliphatic rings. The lowest BCUT2D eigenvalue weighted by atomic mass is 10.0. The van der Waals surface area contributed by atoms with Crippen LogP contribution in [0.25, 0.3) is 0 Å². The molecule has 0 bridgehead atoms. The number of carbonyl (C=O) groups is 1. The number of hydrogen-bond donors (Lipinski definition) is 1. The van der Waals surface area contributed by atoms with Crippen molar-refractivity contribution in [1.82, 2.24) is 0 Å². The molecule has 0 aromatic heterocycles. The van der Waals surface area contributed by atoms with E-state index in [9.17, 15) is 4.79 Å². The SMILES string of the molecule is C#CCC(CCCN)C(=O)OC.Cl. The molecule has 0 rings (SSSR count). The highest BCUT2D eigenvalue weighted by Gasteiger charge is 2.16. The van der Waals surface area contributed by atoms with E-state index in [4.69, 9.17) is 12.2 Å². The van der Waals surface area contributed by atoms with Gasteiger partial charge in [0, 0.05) is 6.42 Å². The van der Waals surface area contributed by atoms with E-state index in [1.807, 2.05) is 0 Å². The number of terminal acetylenes is 1. The largest absolute Gasteiger partial charge is 0.469 e. The zero-order valence-electron chi connectivity index (χ0n) is 7.79. The maximum Gasteiger partial charge on any atom is 0.309 e. The van der Waals surface area contributed by atoms with E-state index >= 15 is 0 Å². The van der Waals surface area contributed by atoms with Gasteiger partial charge in [-0.15, -0.1) is 24.8 Å². The molecule has 0 spiro atoms. The first kappa shape index (κ1) is 14.8. The molecule has 3 nitrogen and oxygen atoms in total. The van der Waals surface area contributed by atoms with Gasteiger partial charge < -0.3 is 10.5 Å². The zero-order chi connectivity index (χ0) is 9.40. The summed E-state index contributed by atoms with van der Waals surface area (Å²) in [6.07, 6.45) is 7.06. The van der Waals surface area contributed by atoms with E-state index in [-0.39, 0.29) is 24.3 Å². The Morgan fingerprint density at radius 1 is 1.69 bits per heavy atom. The Morgan fingerprint density at radius 2 is 2.31 bits per heavy atom. The van der Waals surface area contributed by atoms with Gasteiger partial charge in [-0.2, -0.15) is 0 Å². The van der Waals surface area contributed by atoms with E-state index in [1.54, 1.807) is 0 Å². The lowest BCUT2D eigenvalue weighted by Gasteiger charge is -2.10. The van der Waals surface area contributed by atoms with Crippen LogP contribution >= 0.6 is 12.4 Å². The van der Waals surface area contributed by atoms with Crippen molar-refractivity contribution in [3.8, 4) is 12.3 Å². The summed E-state index contributed by atoms with van der Waals surface area (Å²) in [5, 5.41) is 0. The Hall–Kier alpha value is -0.720. The summed E-state index contributed by atoms with van der Waals surface area (Å²) < 4.78 is 4.59. The highest BCUT2D eigenvalue weighted by Crippen LogP contribution is 2.11. The van der Waals surface area contributed by atoms with Gasteiger partial charge in [-0.25, -0.2) is 0 Å². The van der Waals surface area contributed by atoms with Crippen LogP contribution in [0, 0.1) is 18.3 Å². The molecule has 0 aromatic rings. The van der Waals surface area contributed by atoms with Gasteiger partial charge in [0.05, 0.1) is 13.0 Å². The molecule has 76 valence electrons. The summed E-state index contributed by atoms with van der Waals surface area (Å²) in [6.45, 7) is 0.581. The van der Waals surface area contributed by atoms with Crippen LogP contribution in [0.3, 0.4) is 0 Å². The number of halogens is 1. The zero-order valence-corrected chi connectivity index (χ0v) is 8.60. The van der Waals surface area contributed by atoms with Crippen LogP contribution in [-0.4, -0.2) is 19.6 Å². The molecular formula is C9H16ClNO2. The molecule has 0 heterocycles. The van der Waals surface area contributed by atoms with Crippen LogP contribution in [0.2, 0.25) is 0 Å². The fourth-order valence-corrected chi connectivity index (χ4v) is 0.976. The topological polar surface area (TPSA) is 52.3 Å². The molecule has 4 heteroatoms. The third-order valence-corrected chi connectivity index (χ3v) is 1.66. The van der Waals surface area contributed by atoms with Crippen molar-refractivity contribution in [2.75, 3.05) is 13.7 Å². The summed E-state index contributed by atoms with van der Waals surface area (Å²) in [5.41, 5.74) is 5.31. The van der Waals surface area contributed by atoms with Gasteiger partial charge in [-0.05, 0) is 19.4 Å². The van der Waals surface area contributed by atoms with Gasteiger partial charge in [0.2, 0.25) is 0 Å². The molecule has 0 aliphatic carbocycles. The quantitative estimate of drug-likeness (QED) is 0.537. The second-order valence-corrected chi connectivity index (χ2v) is 2.56. The van der Waals surface area contributed by atoms with E-state index in [0.29, 0.717) is 19.4 Å². The van der Waals surface area contributed by atoms with E-state index in [0.717, 1.165) is 6.42 Å². The number of methoxy groups -OCH3 is 1. The molecule has 1 unspecified atom stereocenters. The average Bonchev–Trinajstić information content (AvgIpc) is 2.11. The van der Waals surface area contributed by atoms with Crippen LogP contribution in [0.1, 0.15) is 19.3 Å². The minimum atomic E-state index is -0.235. The first-order valence-corrected chi connectivity index (χ1v) is 3.97. The molecule has 0 amide bonds. The highest BCUT2D eigenvalue weighted by molar-refractivity contribution is 5.85. The Balaban J connectivity index is 0. The van der Waals surface area contributed by atoms with Gasteiger partial charge in [0.25, 0.3) is 0 Å². The Labute approximate surface area is 85.4 Å². The number of esters is 1. The van der Waals surface area contributed by atoms with E-state index in [1.165, 1.54) is 7.11 Å². The Kier molecular flexibility index (Phi) is 10.7. The van der Waals surface area contributed by atoms with E-state index < -0.39 is 0 Å². The number of rotatable bonds is 5. The normalized spacial score (nSPS) is 10.8. The van der Waals surface area contributed by atoms with Crippen molar-refractivity contribution in [2.24, 2.45) is 11.7 Å². The predicted molar refractivity (Wildman–Crippen MR) is 54.5 cm³/mol. The first-order valence-electron chi connectivity index (χ1n) is 3.97. The first-order chi connectivity index (χ1) is 5.76. The monoisotopic (exact) mass is 205 g/mol. The lowest BCUT2D eigenvalue weighted by molar-refractivity contribution is -0.145. The Morgan fingerprint density at radius 3 is 2.69 bits per heavy atom. The smallest absolute Gasteiger partial charge is 0.309 e. The Bertz CT molecular complexity index is 177. The number of nitrogens with two attached hydrogens (primary N) is 1. The minimum Gasteiger partial charge on any atom is -0.469 e. The van der Waals surface area contributed by atoms with Crippen LogP contribution in [0.5, 0.6) is 0 Å². The summed E-state index contributed by atoms with van der Waals surface area (Å²) >= 11 is 0. The third kappa shape index (κ3) is 6.44. The molecule has 0 aromatic carbocycles. The van der Waals surface area contributed by atoms with Crippen molar-refractivity contribution in [2.45, 2.75) is 19.3 Å². The standard InChI is InChI=1S/C9H15NO2.ClH/c1-3-5-8(6-4-7-10)9(11)12-2;/h1,8H,4-7,10H2,2H3;1H. The molecule has 2 N–H and O–H groups in total. The van der Waals surface area contributed by atoms with Crippen molar-refractivity contribution >= 4 is 18.4 Å². The van der Waals surface area contributed by atoms with Gasteiger partial charge >= 0.3 is 5.97 Å². The summed E-state index contributed by atoms with van der Waals surface area (Å²) in [6, 6.07) is 0. The van der Waals surface area contributed by atoms with Crippen molar-refractivity contribution in [1.29, 1.82) is 0 Å². The molecule has 0 fully saturated rings. The van der Waals surface area contributed by atoms with E-state index in [2.05, 4.69) is 10.7 Å². The molecular weight excluding hydrogens is 190 g/mol. The maximum absolute atomic E-state index is 11.0. The minimum absolute atomic E-state index is 0. The van der Waals surface area contributed by atoms with Crippen LogP contribution < -0.4 is 5.73 Å². The fourth-order valence-electron chi connectivity index (χ4n) is 0.976. The second-order valence-electron chi connectivity index (χ2n) is 2.56. The predicted octanol–water partition coefficient (Wildman–Crippen LogP) is 0.960. The average molecular weight is 206 g/mol. The van der Waals surface area contributed by atoms with Gasteiger partial charge in [-0.3, -0.25) is 4.79 Å². The second kappa shape index (κ2) is 9.37. The van der Waals surface area contributed by atoms with Gasteiger partial charge in [-0.1, -0.05) is 0 Å². The molecule has 1 atom stereocenters. The van der Waals surface area contributed by atoms with Gasteiger partial charge in [0.1, 0.15) is 0 Å². The van der Waals surface area contributed by atoms with Crippen LogP contribution in [0.4, 0.5) is 0 Å². The number of ether oxygens (including phenoxy) is 1. The summed E-state index contributed by atoms with van der Waals surface area (Å²) in [5.74, 6) is 2.04.